The summed E-state index contributed by atoms with van der Waals surface area (Å²) in [5.74, 6) is 0.337. The molecule has 1 fully saturated rings. The number of hydrogen-bond acceptors (Lipinski definition) is 4. The van der Waals surface area contributed by atoms with Gasteiger partial charge in [-0.25, -0.2) is 4.79 Å². The number of nitrogens with zero attached hydrogens (tertiary/aromatic N) is 2. The van der Waals surface area contributed by atoms with E-state index >= 15 is 0 Å². The molecule has 2 heterocycles. The van der Waals surface area contributed by atoms with Crippen molar-refractivity contribution in [1.29, 1.82) is 0 Å². The summed E-state index contributed by atoms with van der Waals surface area (Å²) in [6.45, 7) is 0.869. The third-order valence-electron chi connectivity index (χ3n) is 6.00. The summed E-state index contributed by atoms with van der Waals surface area (Å²) >= 11 is 6.08. The quantitative estimate of drug-likeness (QED) is 0.477. The Hall–Kier alpha value is -3.06. The summed E-state index contributed by atoms with van der Waals surface area (Å²) in [6, 6.07) is 12.5. The van der Waals surface area contributed by atoms with Crippen LogP contribution in [0.15, 0.2) is 42.5 Å². The van der Waals surface area contributed by atoms with Gasteiger partial charge in [0.25, 0.3) is 5.91 Å². The highest BCUT2D eigenvalue weighted by Crippen LogP contribution is 2.30. The Bertz CT molecular complexity index is 999. The molecule has 0 radical (unpaired) electrons. The number of amides is 4. The zero-order chi connectivity index (χ0) is 22.7. The Morgan fingerprint density at radius 2 is 1.91 bits per heavy atom. The molecule has 4 amide bonds. The molecule has 4 rings (SSSR count). The van der Waals surface area contributed by atoms with Crippen LogP contribution < -0.4 is 10.1 Å². The van der Waals surface area contributed by atoms with Gasteiger partial charge in [-0.1, -0.05) is 42.3 Å². The van der Waals surface area contributed by atoms with Crippen LogP contribution in [0.25, 0.3) is 0 Å². The Kier molecular flexibility index (Phi) is 6.65. The van der Waals surface area contributed by atoms with Gasteiger partial charge in [-0.3, -0.25) is 14.5 Å². The summed E-state index contributed by atoms with van der Waals surface area (Å²) in [7, 11) is 1.53. The standard InChI is InChI=1S/C24H26ClN3O4/c1-32-21-11-10-18(14-19(21)25)26-22(29)9-3-2-6-12-27-23(30)20-13-16-7-4-5-8-17(16)15-28(20)24(27)31/h4-5,7-8,10-11,14,20H,2-3,6,9,12-13,15H2,1H3,(H,26,29)/t20-/m0/s1. The molecule has 0 aromatic heterocycles. The number of urea groups is 1. The first-order valence-corrected chi connectivity index (χ1v) is 11.2. The molecule has 2 aromatic carbocycles. The Morgan fingerprint density at radius 3 is 2.66 bits per heavy atom. The van der Waals surface area contributed by atoms with Gasteiger partial charge >= 0.3 is 6.03 Å². The third kappa shape index (κ3) is 4.58. The second-order valence-electron chi connectivity index (χ2n) is 8.10. The normalized spacial score (nSPS) is 17.2. The summed E-state index contributed by atoms with van der Waals surface area (Å²) in [6.07, 6.45) is 3.03. The van der Waals surface area contributed by atoms with E-state index < -0.39 is 0 Å². The van der Waals surface area contributed by atoms with E-state index in [1.165, 1.54) is 12.0 Å². The van der Waals surface area contributed by atoms with E-state index in [-0.39, 0.29) is 23.9 Å². The highest BCUT2D eigenvalue weighted by molar-refractivity contribution is 6.32. The first-order chi connectivity index (χ1) is 15.5. The van der Waals surface area contributed by atoms with Gasteiger partial charge in [0.2, 0.25) is 5.91 Å². The van der Waals surface area contributed by atoms with Crippen LogP contribution in [0, 0.1) is 0 Å². The average molecular weight is 456 g/mol. The van der Waals surface area contributed by atoms with Crippen molar-refractivity contribution in [1.82, 2.24) is 9.80 Å². The molecule has 2 aliphatic heterocycles. The summed E-state index contributed by atoms with van der Waals surface area (Å²) in [5, 5.41) is 3.25. The molecule has 1 atom stereocenters. The highest BCUT2D eigenvalue weighted by atomic mass is 35.5. The number of benzene rings is 2. The molecule has 7 nitrogen and oxygen atoms in total. The van der Waals surface area contributed by atoms with Crippen LogP contribution in [0.4, 0.5) is 10.5 Å². The fourth-order valence-corrected chi connectivity index (χ4v) is 4.54. The van der Waals surface area contributed by atoms with Crippen LogP contribution in [-0.2, 0) is 22.6 Å². The molecule has 1 saturated heterocycles. The second kappa shape index (κ2) is 9.61. The van der Waals surface area contributed by atoms with E-state index in [0.29, 0.717) is 55.2 Å². The van der Waals surface area contributed by atoms with Gasteiger partial charge in [-0.15, -0.1) is 0 Å². The first-order valence-electron chi connectivity index (χ1n) is 10.8. The first kappa shape index (κ1) is 22.1. The van der Waals surface area contributed by atoms with Crippen LogP contribution in [0.3, 0.4) is 0 Å². The molecule has 1 N–H and O–H groups in total. The number of fused-ring (bicyclic) bond motifs is 2. The van der Waals surface area contributed by atoms with Gasteiger partial charge in [-0.2, -0.15) is 0 Å². The van der Waals surface area contributed by atoms with Crippen LogP contribution >= 0.6 is 11.6 Å². The van der Waals surface area contributed by atoms with Gasteiger partial charge < -0.3 is 15.0 Å². The molecule has 2 aromatic rings. The van der Waals surface area contributed by atoms with Crippen molar-refractivity contribution in [2.45, 2.75) is 44.7 Å². The monoisotopic (exact) mass is 455 g/mol. The molecule has 32 heavy (non-hydrogen) atoms. The van der Waals surface area contributed by atoms with E-state index in [1.807, 2.05) is 24.3 Å². The molecule has 168 valence electrons. The lowest BCUT2D eigenvalue weighted by Crippen LogP contribution is -2.39. The number of hydrogen-bond donors (Lipinski definition) is 1. The van der Waals surface area contributed by atoms with Crippen molar-refractivity contribution in [3.8, 4) is 5.75 Å². The molecule has 0 aliphatic carbocycles. The lowest BCUT2D eigenvalue weighted by atomic mass is 9.95. The Morgan fingerprint density at radius 1 is 1.12 bits per heavy atom. The number of halogens is 1. The predicted octanol–water partition coefficient (Wildman–Crippen LogP) is 4.24. The smallest absolute Gasteiger partial charge is 0.327 e. The third-order valence-corrected chi connectivity index (χ3v) is 6.29. The van der Waals surface area contributed by atoms with Crippen molar-refractivity contribution in [2.24, 2.45) is 0 Å². The number of imide groups is 1. The number of methoxy groups -OCH3 is 1. The lowest BCUT2D eigenvalue weighted by molar-refractivity contribution is -0.128. The number of ether oxygens (including phenoxy) is 1. The summed E-state index contributed by atoms with van der Waals surface area (Å²) < 4.78 is 5.10. The van der Waals surface area contributed by atoms with Gasteiger partial charge in [0.05, 0.1) is 12.1 Å². The second-order valence-corrected chi connectivity index (χ2v) is 8.50. The molecule has 8 heteroatoms. The number of anilines is 1. The molecule has 0 spiro atoms. The van der Waals surface area contributed by atoms with Crippen molar-refractivity contribution >= 4 is 35.1 Å². The zero-order valence-corrected chi connectivity index (χ0v) is 18.7. The number of unbranched alkanes of at least 4 members (excludes halogenated alkanes) is 2. The molecule has 0 unspecified atom stereocenters. The van der Waals surface area contributed by atoms with E-state index in [4.69, 9.17) is 16.3 Å². The van der Waals surface area contributed by atoms with Gasteiger partial charge in [-0.05, 0) is 42.2 Å². The minimum atomic E-state index is -0.389. The van der Waals surface area contributed by atoms with E-state index in [9.17, 15) is 14.4 Å². The van der Waals surface area contributed by atoms with E-state index in [0.717, 1.165) is 17.5 Å². The van der Waals surface area contributed by atoms with Crippen molar-refractivity contribution in [2.75, 3.05) is 19.0 Å². The minimum absolute atomic E-state index is 0.102. The summed E-state index contributed by atoms with van der Waals surface area (Å²) in [5.41, 5.74) is 2.86. The largest absolute Gasteiger partial charge is 0.495 e. The number of carbonyl (C=O) groups excluding carboxylic acids is 3. The van der Waals surface area contributed by atoms with Crippen LogP contribution in [0.5, 0.6) is 5.75 Å². The maximum Gasteiger partial charge on any atom is 0.327 e. The average Bonchev–Trinajstić information content (AvgIpc) is 3.01. The van der Waals surface area contributed by atoms with E-state index in [1.54, 1.807) is 23.1 Å². The number of rotatable bonds is 8. The highest BCUT2D eigenvalue weighted by Gasteiger charge is 2.46. The van der Waals surface area contributed by atoms with Gasteiger partial charge in [0.1, 0.15) is 11.8 Å². The van der Waals surface area contributed by atoms with Crippen LogP contribution in [0.2, 0.25) is 5.02 Å². The molecule has 0 saturated carbocycles. The van der Waals surface area contributed by atoms with Gasteiger partial charge in [0.15, 0.2) is 0 Å². The molecule has 0 bridgehead atoms. The number of nitrogens with one attached hydrogen (secondary N) is 1. The van der Waals surface area contributed by atoms with Crippen molar-refractivity contribution < 1.29 is 19.1 Å². The van der Waals surface area contributed by atoms with Crippen molar-refractivity contribution in [3.63, 3.8) is 0 Å². The van der Waals surface area contributed by atoms with Crippen LogP contribution in [0.1, 0.15) is 36.8 Å². The zero-order valence-electron chi connectivity index (χ0n) is 18.0. The topological polar surface area (TPSA) is 79.0 Å². The van der Waals surface area contributed by atoms with E-state index in [2.05, 4.69) is 5.32 Å². The lowest BCUT2D eigenvalue weighted by Gasteiger charge is -2.28. The van der Waals surface area contributed by atoms with Crippen molar-refractivity contribution in [3.05, 3.63) is 58.6 Å². The van der Waals surface area contributed by atoms with Gasteiger partial charge in [0, 0.05) is 31.6 Å². The SMILES string of the molecule is COc1ccc(NC(=O)CCCCCN2C(=O)[C@@H]3Cc4ccccc4CN3C2=O)cc1Cl. The Balaban J connectivity index is 1.21. The molecule has 2 aliphatic rings. The maximum atomic E-state index is 12.8. The maximum absolute atomic E-state index is 12.8. The number of carbonyl (C=O) groups is 3. The minimum Gasteiger partial charge on any atom is -0.495 e. The predicted molar refractivity (Wildman–Crippen MR) is 122 cm³/mol. The summed E-state index contributed by atoms with van der Waals surface area (Å²) in [4.78, 5) is 40.8. The van der Waals surface area contributed by atoms with Crippen LogP contribution in [-0.4, -0.2) is 47.3 Å². The molecular formula is C24H26ClN3O4. The fourth-order valence-electron chi connectivity index (χ4n) is 4.28. The molecular weight excluding hydrogens is 430 g/mol. The fraction of sp³-hybridized carbons (Fsp3) is 0.375. The Labute approximate surface area is 192 Å².